The molecule has 1 rings (SSSR count). The van der Waals surface area contributed by atoms with E-state index < -0.39 is 5.41 Å². The van der Waals surface area contributed by atoms with E-state index in [1.165, 1.54) is 0 Å². The van der Waals surface area contributed by atoms with Crippen molar-refractivity contribution in [3.63, 3.8) is 0 Å². The average Bonchev–Trinajstić information content (AvgIpc) is 2.36. The van der Waals surface area contributed by atoms with E-state index in [-0.39, 0.29) is 11.2 Å². The van der Waals surface area contributed by atoms with Crippen molar-refractivity contribution in [2.24, 2.45) is 0 Å². The highest BCUT2D eigenvalue weighted by molar-refractivity contribution is 9.09. The van der Waals surface area contributed by atoms with Crippen molar-refractivity contribution < 1.29 is 4.79 Å². The van der Waals surface area contributed by atoms with Crippen molar-refractivity contribution in [1.29, 1.82) is 5.26 Å². The van der Waals surface area contributed by atoms with Gasteiger partial charge in [0.15, 0.2) is 5.78 Å². The van der Waals surface area contributed by atoms with Crippen LogP contribution in [0.15, 0.2) is 18.2 Å². The SMILES string of the molecule is CC(C)(C)c1cc(C(=O)CBr)cc(C(C)(C)C#N)c1. The summed E-state index contributed by atoms with van der Waals surface area (Å²) in [5.41, 5.74) is 2.00. The monoisotopic (exact) mass is 321 g/mol. The maximum absolute atomic E-state index is 11.9. The number of benzene rings is 1. The van der Waals surface area contributed by atoms with Crippen LogP contribution in [0.3, 0.4) is 0 Å². The van der Waals surface area contributed by atoms with Crippen LogP contribution in [0.1, 0.15) is 56.1 Å². The largest absolute Gasteiger partial charge is 0.293 e. The molecule has 2 nitrogen and oxygen atoms in total. The lowest BCUT2D eigenvalue weighted by atomic mass is 9.79. The molecule has 19 heavy (non-hydrogen) atoms. The summed E-state index contributed by atoms with van der Waals surface area (Å²) < 4.78 is 0. The molecule has 1 aromatic carbocycles. The maximum atomic E-state index is 11.9. The zero-order chi connectivity index (χ0) is 14.8. The predicted molar refractivity (Wildman–Crippen MR) is 81.9 cm³/mol. The van der Waals surface area contributed by atoms with E-state index in [0.717, 1.165) is 11.1 Å². The van der Waals surface area contributed by atoms with Gasteiger partial charge in [-0.25, -0.2) is 0 Å². The van der Waals surface area contributed by atoms with Crippen LogP contribution < -0.4 is 0 Å². The third kappa shape index (κ3) is 3.67. The lowest BCUT2D eigenvalue weighted by Gasteiger charge is -2.24. The second-order valence-corrected chi connectivity index (χ2v) is 6.90. The fraction of sp³-hybridized carbons (Fsp3) is 0.500. The molecule has 0 aliphatic rings. The van der Waals surface area contributed by atoms with E-state index in [2.05, 4.69) is 42.8 Å². The molecule has 0 atom stereocenters. The summed E-state index contributed by atoms with van der Waals surface area (Å²) in [5, 5.41) is 9.58. The molecule has 0 aromatic heterocycles. The van der Waals surface area contributed by atoms with Gasteiger partial charge in [-0.05, 0) is 42.5 Å². The molecule has 0 radical (unpaired) electrons. The first kappa shape index (κ1) is 15.9. The Morgan fingerprint density at radius 1 is 1.16 bits per heavy atom. The van der Waals surface area contributed by atoms with Gasteiger partial charge in [0.25, 0.3) is 0 Å². The average molecular weight is 322 g/mol. The zero-order valence-corrected chi connectivity index (χ0v) is 13.8. The Morgan fingerprint density at radius 2 is 1.68 bits per heavy atom. The van der Waals surface area contributed by atoms with E-state index >= 15 is 0 Å². The number of carbonyl (C=O) groups is 1. The molecule has 0 aliphatic heterocycles. The minimum atomic E-state index is -0.595. The standard InChI is InChI=1S/C16H20BrNO/c1-15(2,3)12-6-11(14(19)9-17)7-13(8-12)16(4,5)10-18/h6-8H,9H2,1-5H3. The first-order chi connectivity index (χ1) is 8.61. The van der Waals surface area contributed by atoms with Gasteiger partial charge < -0.3 is 0 Å². The van der Waals surface area contributed by atoms with E-state index in [0.29, 0.717) is 10.9 Å². The van der Waals surface area contributed by atoms with Crippen LogP contribution in [0, 0.1) is 11.3 Å². The summed E-state index contributed by atoms with van der Waals surface area (Å²) in [6, 6.07) is 8.10. The molecule has 0 amide bonds. The minimum absolute atomic E-state index is 0.0427. The Kier molecular flexibility index (Phi) is 4.58. The zero-order valence-electron chi connectivity index (χ0n) is 12.2. The molecular formula is C16H20BrNO. The number of alkyl halides is 1. The number of Topliss-reactive ketones (excluding diaryl/α,β-unsaturated/α-hetero) is 1. The van der Waals surface area contributed by atoms with Crippen LogP contribution in [-0.4, -0.2) is 11.1 Å². The van der Waals surface area contributed by atoms with Gasteiger partial charge in [-0.3, -0.25) is 4.79 Å². The Bertz CT molecular complexity index is 533. The quantitative estimate of drug-likeness (QED) is 0.613. The first-order valence-electron chi connectivity index (χ1n) is 6.28. The van der Waals surface area contributed by atoms with Gasteiger partial charge in [0.1, 0.15) is 0 Å². The molecule has 0 fully saturated rings. The van der Waals surface area contributed by atoms with Crippen molar-refractivity contribution in [3.05, 3.63) is 34.9 Å². The number of halogens is 1. The normalized spacial score (nSPS) is 12.1. The third-order valence-corrected chi connectivity index (χ3v) is 3.75. The maximum Gasteiger partial charge on any atom is 0.173 e. The van der Waals surface area contributed by atoms with Crippen LogP contribution in [0.4, 0.5) is 0 Å². The molecule has 0 heterocycles. The third-order valence-electron chi connectivity index (χ3n) is 3.24. The van der Waals surface area contributed by atoms with Crippen molar-refractivity contribution in [2.45, 2.75) is 45.4 Å². The highest BCUT2D eigenvalue weighted by Crippen LogP contribution is 2.30. The molecule has 3 heteroatoms. The highest BCUT2D eigenvalue weighted by atomic mass is 79.9. The second kappa shape index (κ2) is 5.46. The molecule has 0 unspecified atom stereocenters. The second-order valence-electron chi connectivity index (χ2n) is 6.34. The summed E-state index contributed by atoms with van der Waals surface area (Å²) >= 11 is 3.20. The van der Waals surface area contributed by atoms with Gasteiger partial charge in [0.05, 0.1) is 16.8 Å². The Balaban J connectivity index is 3.51. The van der Waals surface area contributed by atoms with Crippen molar-refractivity contribution in [2.75, 3.05) is 5.33 Å². The molecule has 0 bridgehead atoms. The summed E-state index contributed by atoms with van der Waals surface area (Å²) in [4.78, 5) is 11.9. The van der Waals surface area contributed by atoms with Gasteiger partial charge in [-0.2, -0.15) is 5.26 Å². The Hall–Kier alpha value is -1.14. The van der Waals surface area contributed by atoms with Crippen LogP contribution in [0.25, 0.3) is 0 Å². The van der Waals surface area contributed by atoms with Crippen LogP contribution >= 0.6 is 15.9 Å². The van der Waals surface area contributed by atoms with Gasteiger partial charge in [0, 0.05) is 5.56 Å². The molecule has 0 saturated carbocycles. The number of hydrogen-bond donors (Lipinski definition) is 0. The molecular weight excluding hydrogens is 302 g/mol. The topological polar surface area (TPSA) is 40.9 Å². The van der Waals surface area contributed by atoms with E-state index in [4.69, 9.17) is 0 Å². The Labute approximate surface area is 124 Å². The lowest BCUT2D eigenvalue weighted by Crippen LogP contribution is -2.19. The smallest absolute Gasteiger partial charge is 0.173 e. The number of carbonyl (C=O) groups excluding carboxylic acids is 1. The van der Waals surface area contributed by atoms with E-state index in [1.54, 1.807) is 0 Å². The molecule has 0 saturated heterocycles. The van der Waals surface area contributed by atoms with Crippen LogP contribution in [-0.2, 0) is 10.8 Å². The fourth-order valence-corrected chi connectivity index (χ4v) is 2.05. The van der Waals surface area contributed by atoms with Crippen molar-refractivity contribution in [3.8, 4) is 6.07 Å². The summed E-state index contributed by atoms with van der Waals surface area (Å²) in [5.74, 6) is 0.0427. The van der Waals surface area contributed by atoms with Gasteiger partial charge in [-0.15, -0.1) is 0 Å². The molecule has 0 N–H and O–H groups in total. The minimum Gasteiger partial charge on any atom is -0.293 e. The predicted octanol–water partition coefficient (Wildman–Crippen LogP) is 4.36. The number of hydrogen-bond acceptors (Lipinski definition) is 2. The van der Waals surface area contributed by atoms with Gasteiger partial charge in [-0.1, -0.05) is 42.8 Å². The number of rotatable bonds is 3. The van der Waals surface area contributed by atoms with E-state index in [9.17, 15) is 10.1 Å². The van der Waals surface area contributed by atoms with Gasteiger partial charge in [0.2, 0.25) is 0 Å². The summed E-state index contributed by atoms with van der Waals surface area (Å²) in [6.45, 7) is 10.1. The Morgan fingerprint density at radius 3 is 2.11 bits per heavy atom. The molecule has 102 valence electrons. The number of nitrogens with zero attached hydrogens (tertiary/aromatic N) is 1. The fourth-order valence-electron chi connectivity index (χ4n) is 1.72. The molecule has 0 spiro atoms. The van der Waals surface area contributed by atoms with Crippen molar-refractivity contribution in [1.82, 2.24) is 0 Å². The van der Waals surface area contributed by atoms with Crippen LogP contribution in [0.5, 0.6) is 0 Å². The van der Waals surface area contributed by atoms with Crippen LogP contribution in [0.2, 0.25) is 0 Å². The molecule has 0 aliphatic carbocycles. The highest BCUT2D eigenvalue weighted by Gasteiger charge is 2.24. The number of ketones is 1. The summed E-state index contributed by atoms with van der Waals surface area (Å²) in [6.07, 6.45) is 0. The number of nitriles is 1. The first-order valence-corrected chi connectivity index (χ1v) is 7.40. The van der Waals surface area contributed by atoms with Gasteiger partial charge >= 0.3 is 0 Å². The van der Waals surface area contributed by atoms with Crippen molar-refractivity contribution >= 4 is 21.7 Å². The lowest BCUT2D eigenvalue weighted by molar-refractivity contribution is 0.102. The molecule has 1 aromatic rings. The van der Waals surface area contributed by atoms with E-state index in [1.807, 2.05) is 32.0 Å². The summed E-state index contributed by atoms with van der Waals surface area (Å²) in [7, 11) is 0.